The lowest BCUT2D eigenvalue weighted by Gasteiger charge is -2.08. The summed E-state index contributed by atoms with van der Waals surface area (Å²) in [5.41, 5.74) is 10.9. The second kappa shape index (κ2) is 10.9. The van der Waals surface area contributed by atoms with E-state index in [2.05, 4.69) is 98.8 Å². The van der Waals surface area contributed by atoms with Crippen molar-refractivity contribution in [2.75, 3.05) is 6.54 Å². The smallest absolute Gasteiger partial charge is 0.138 e. The van der Waals surface area contributed by atoms with E-state index in [1.54, 1.807) is 0 Å². The van der Waals surface area contributed by atoms with Crippen LogP contribution in [0.2, 0.25) is 0 Å². The van der Waals surface area contributed by atoms with Gasteiger partial charge in [0.1, 0.15) is 16.9 Å². The van der Waals surface area contributed by atoms with E-state index >= 15 is 0 Å². The molecule has 0 radical (unpaired) electrons. The van der Waals surface area contributed by atoms with Crippen LogP contribution in [-0.4, -0.2) is 31.7 Å². The van der Waals surface area contributed by atoms with Gasteiger partial charge >= 0.3 is 0 Å². The molecule has 6 nitrogen and oxygen atoms in total. The van der Waals surface area contributed by atoms with Gasteiger partial charge in [-0.15, -0.1) is 0 Å². The molecule has 0 amide bonds. The minimum Gasteiger partial charge on any atom is -0.338 e. The average molecular weight is 511 g/mol. The summed E-state index contributed by atoms with van der Waals surface area (Å²) in [6, 6.07) is 18.6. The van der Waals surface area contributed by atoms with Crippen molar-refractivity contribution in [3.05, 3.63) is 126 Å². The highest BCUT2D eigenvalue weighted by atomic mass is 15.1. The van der Waals surface area contributed by atoms with Gasteiger partial charge in [-0.3, -0.25) is 5.10 Å². The number of allylic oxidation sites excluding steroid dienone is 7. The molecule has 4 heterocycles. The molecule has 6 rings (SSSR count). The number of hydrogen-bond acceptors (Lipinski definition) is 4. The van der Waals surface area contributed by atoms with Crippen LogP contribution in [0.3, 0.4) is 0 Å². The van der Waals surface area contributed by atoms with Gasteiger partial charge in [-0.2, -0.15) is 5.10 Å². The van der Waals surface area contributed by atoms with Crippen molar-refractivity contribution in [3.63, 3.8) is 0 Å². The van der Waals surface area contributed by atoms with Gasteiger partial charge in [0.15, 0.2) is 0 Å². The molecule has 5 aromatic rings. The number of H-pyrrole nitrogens is 2. The molecule has 0 aliphatic heterocycles. The number of aromatic amines is 2. The zero-order valence-electron chi connectivity index (χ0n) is 21.9. The number of nitrogens with zero attached hydrogens (tertiary/aromatic N) is 3. The van der Waals surface area contributed by atoms with Gasteiger partial charge in [-0.25, -0.2) is 9.97 Å². The Kier molecular flexibility index (Phi) is 6.85. The maximum atomic E-state index is 5.04. The molecule has 4 aromatic heterocycles. The summed E-state index contributed by atoms with van der Waals surface area (Å²) in [6.45, 7) is 7.57. The molecule has 0 spiro atoms. The van der Waals surface area contributed by atoms with Crippen molar-refractivity contribution in [1.29, 1.82) is 0 Å². The minimum atomic E-state index is 0.713. The number of pyridine rings is 2. The molecule has 3 N–H and O–H groups in total. The van der Waals surface area contributed by atoms with E-state index in [0.29, 0.717) is 6.54 Å². The van der Waals surface area contributed by atoms with Crippen molar-refractivity contribution < 1.29 is 0 Å². The molecule has 0 saturated heterocycles. The monoisotopic (exact) mass is 510 g/mol. The van der Waals surface area contributed by atoms with Crippen LogP contribution in [0.15, 0.2) is 109 Å². The first kappa shape index (κ1) is 24.5. The number of fused-ring (bicyclic) bond motifs is 2. The summed E-state index contributed by atoms with van der Waals surface area (Å²) >= 11 is 0. The Morgan fingerprint density at radius 3 is 2.82 bits per heavy atom. The molecule has 6 heteroatoms. The fraction of sp³-hybridized carbons (Fsp3) is 0.121. The normalized spacial score (nSPS) is 13.9. The molecule has 0 saturated carbocycles. The number of benzene rings is 1. The largest absolute Gasteiger partial charge is 0.338 e. The third-order valence-electron chi connectivity index (χ3n) is 6.99. The Morgan fingerprint density at radius 1 is 1.13 bits per heavy atom. The lowest BCUT2D eigenvalue weighted by atomic mass is 10.0. The zero-order valence-corrected chi connectivity index (χ0v) is 21.9. The van der Waals surface area contributed by atoms with Gasteiger partial charge in [-0.05, 0) is 71.5 Å². The quantitative estimate of drug-likeness (QED) is 0.184. The van der Waals surface area contributed by atoms with E-state index in [1.165, 1.54) is 16.7 Å². The molecule has 1 aromatic carbocycles. The van der Waals surface area contributed by atoms with Crippen molar-refractivity contribution >= 4 is 33.2 Å². The number of rotatable bonds is 9. The van der Waals surface area contributed by atoms with Crippen LogP contribution < -0.4 is 5.32 Å². The molecule has 0 unspecified atom stereocenters. The fourth-order valence-corrected chi connectivity index (χ4v) is 4.95. The highest BCUT2D eigenvalue weighted by Crippen LogP contribution is 2.33. The van der Waals surface area contributed by atoms with E-state index < -0.39 is 0 Å². The lowest BCUT2D eigenvalue weighted by Crippen LogP contribution is -2.16. The van der Waals surface area contributed by atoms with Crippen molar-refractivity contribution in [3.8, 4) is 11.4 Å². The van der Waals surface area contributed by atoms with E-state index in [-0.39, 0.29) is 0 Å². The second-order valence-corrected chi connectivity index (χ2v) is 9.52. The summed E-state index contributed by atoms with van der Waals surface area (Å²) in [5.74, 6) is 0. The van der Waals surface area contributed by atoms with Crippen molar-refractivity contribution in [1.82, 2.24) is 30.5 Å². The third kappa shape index (κ3) is 5.02. The molecule has 192 valence electrons. The maximum absolute atomic E-state index is 5.04. The predicted molar refractivity (Wildman–Crippen MR) is 161 cm³/mol. The van der Waals surface area contributed by atoms with Crippen LogP contribution in [0.25, 0.3) is 44.6 Å². The molecule has 0 atom stereocenters. The standard InChI is InChI=1S/C33H30N6/c1-3-22(20-34-21-23-10-6-5-7-11-23)18-24(4-2)28-14-15-29-31(36-28)32(39-38-29)30-19-27-26(25-12-8-9-13-25)16-17-35-33(27)37-30/h3-8,10-19,34H,1,9,20-21H2,2H3,(H,35,37)(H,38,39)/b22-18+,24-4+. The Balaban J connectivity index is 1.30. The van der Waals surface area contributed by atoms with Crippen LogP contribution in [-0.2, 0) is 6.54 Å². The number of nitrogens with one attached hydrogen (secondary N) is 3. The van der Waals surface area contributed by atoms with Gasteiger partial charge < -0.3 is 10.3 Å². The van der Waals surface area contributed by atoms with E-state index in [1.807, 2.05) is 37.4 Å². The average Bonchev–Trinajstić information content (AvgIpc) is 3.74. The highest BCUT2D eigenvalue weighted by Gasteiger charge is 2.16. The molecular formula is C33H30N6. The van der Waals surface area contributed by atoms with Crippen LogP contribution in [0.1, 0.15) is 30.2 Å². The van der Waals surface area contributed by atoms with E-state index in [0.717, 1.165) is 63.3 Å². The third-order valence-corrected chi connectivity index (χ3v) is 6.99. The maximum Gasteiger partial charge on any atom is 0.138 e. The van der Waals surface area contributed by atoms with Crippen molar-refractivity contribution in [2.45, 2.75) is 19.9 Å². The summed E-state index contributed by atoms with van der Waals surface area (Å²) in [4.78, 5) is 13.1. The topological polar surface area (TPSA) is 82.3 Å². The Labute approximate surface area is 227 Å². The van der Waals surface area contributed by atoms with Gasteiger partial charge in [0, 0.05) is 24.7 Å². The van der Waals surface area contributed by atoms with Gasteiger partial charge in [0.05, 0.1) is 16.9 Å². The second-order valence-electron chi connectivity index (χ2n) is 9.52. The van der Waals surface area contributed by atoms with E-state index in [4.69, 9.17) is 4.98 Å². The van der Waals surface area contributed by atoms with Gasteiger partial charge in [0.2, 0.25) is 0 Å². The van der Waals surface area contributed by atoms with Crippen LogP contribution in [0.5, 0.6) is 0 Å². The Hall–Kier alpha value is -4.81. The van der Waals surface area contributed by atoms with Crippen molar-refractivity contribution in [2.24, 2.45) is 0 Å². The Bertz CT molecular complexity index is 1780. The summed E-state index contributed by atoms with van der Waals surface area (Å²) in [7, 11) is 0. The summed E-state index contributed by atoms with van der Waals surface area (Å²) < 4.78 is 0. The molecule has 0 bridgehead atoms. The van der Waals surface area contributed by atoms with E-state index in [9.17, 15) is 0 Å². The molecule has 1 aliphatic rings. The first-order chi connectivity index (χ1) is 19.2. The first-order valence-electron chi connectivity index (χ1n) is 13.2. The fourth-order valence-electron chi connectivity index (χ4n) is 4.95. The first-order valence-corrected chi connectivity index (χ1v) is 13.2. The molecule has 1 aliphatic carbocycles. The van der Waals surface area contributed by atoms with Crippen LogP contribution in [0.4, 0.5) is 0 Å². The number of hydrogen-bond donors (Lipinski definition) is 3. The van der Waals surface area contributed by atoms with Crippen LogP contribution >= 0.6 is 0 Å². The molecular weight excluding hydrogens is 480 g/mol. The Morgan fingerprint density at radius 2 is 2.03 bits per heavy atom. The molecule has 0 fully saturated rings. The predicted octanol–water partition coefficient (Wildman–Crippen LogP) is 7.15. The highest BCUT2D eigenvalue weighted by molar-refractivity contribution is 5.98. The summed E-state index contributed by atoms with van der Waals surface area (Å²) in [6.07, 6.45) is 15.5. The number of aromatic nitrogens is 5. The SMILES string of the molecule is C=C/C(=C\C(=C/C)c1ccc2[nH]nc(-c3cc4c(C5=CCC=C5)ccnc4[nH]3)c2n1)CNCc1ccccc1. The minimum absolute atomic E-state index is 0.713. The lowest BCUT2D eigenvalue weighted by molar-refractivity contribution is 0.747. The van der Waals surface area contributed by atoms with Gasteiger partial charge in [-0.1, -0.05) is 67.3 Å². The zero-order chi connectivity index (χ0) is 26.6. The van der Waals surface area contributed by atoms with Crippen LogP contribution in [0, 0.1) is 0 Å². The molecule has 39 heavy (non-hydrogen) atoms. The van der Waals surface area contributed by atoms with Gasteiger partial charge in [0.25, 0.3) is 0 Å². The summed E-state index contributed by atoms with van der Waals surface area (Å²) in [5, 5.41) is 12.4.